The van der Waals surface area contributed by atoms with Gasteiger partial charge in [0.05, 0.1) is 17.3 Å². The first-order chi connectivity index (χ1) is 8.90. The Morgan fingerprint density at radius 1 is 1.32 bits per heavy atom. The number of benzene rings is 1. The van der Waals surface area contributed by atoms with E-state index in [1.807, 2.05) is 0 Å². The third kappa shape index (κ3) is 1.85. The minimum Gasteiger partial charge on any atom is -0.396 e. The molecular weight excluding hydrogens is 252 g/mol. The van der Waals surface area contributed by atoms with Crippen LogP contribution in [0.15, 0.2) is 12.1 Å². The zero-order chi connectivity index (χ0) is 13.8. The number of aromatic nitrogens is 4. The lowest BCUT2D eigenvalue weighted by molar-refractivity contribution is 0.495. The van der Waals surface area contributed by atoms with E-state index in [0.29, 0.717) is 0 Å². The average Bonchev–Trinajstić information content (AvgIpc) is 2.76. The Hall–Kier alpha value is -2.05. The highest BCUT2D eigenvalue weighted by Crippen LogP contribution is 2.55. The average molecular weight is 265 g/mol. The van der Waals surface area contributed by atoms with Gasteiger partial charge in [0.2, 0.25) is 0 Å². The maximum atomic E-state index is 13.8. The van der Waals surface area contributed by atoms with Crippen molar-refractivity contribution >= 4 is 5.69 Å². The lowest BCUT2D eigenvalue weighted by Crippen LogP contribution is -2.06. The Labute approximate surface area is 108 Å². The predicted octanol–water partition coefficient (Wildman–Crippen LogP) is 2.17. The van der Waals surface area contributed by atoms with Gasteiger partial charge in [-0.3, -0.25) is 0 Å². The van der Waals surface area contributed by atoms with Crippen molar-refractivity contribution in [3.63, 3.8) is 0 Å². The summed E-state index contributed by atoms with van der Waals surface area (Å²) in [7, 11) is 0. The first-order valence-corrected chi connectivity index (χ1v) is 5.93. The van der Waals surface area contributed by atoms with Crippen molar-refractivity contribution in [2.75, 3.05) is 5.73 Å². The van der Waals surface area contributed by atoms with Gasteiger partial charge in [0.15, 0.2) is 5.82 Å². The molecule has 100 valence electrons. The molecule has 0 aliphatic heterocycles. The fourth-order valence-corrected chi connectivity index (χ4v) is 2.17. The molecule has 1 unspecified atom stereocenters. The second-order valence-corrected chi connectivity index (χ2v) is 5.51. The molecule has 1 aromatic carbocycles. The van der Waals surface area contributed by atoms with Crippen molar-refractivity contribution in [3.8, 4) is 11.4 Å². The van der Waals surface area contributed by atoms with Gasteiger partial charge < -0.3 is 5.73 Å². The van der Waals surface area contributed by atoms with E-state index in [1.165, 1.54) is 6.07 Å². The minimum atomic E-state index is -0.785. The molecular formula is C12H13F2N5. The molecule has 0 bridgehead atoms. The first kappa shape index (κ1) is 12.0. The van der Waals surface area contributed by atoms with Gasteiger partial charge in [-0.1, -0.05) is 13.8 Å². The summed E-state index contributed by atoms with van der Waals surface area (Å²) in [6.45, 7) is 4.16. The van der Waals surface area contributed by atoms with E-state index >= 15 is 0 Å². The van der Waals surface area contributed by atoms with Gasteiger partial charge >= 0.3 is 0 Å². The largest absolute Gasteiger partial charge is 0.396 e. The zero-order valence-electron chi connectivity index (χ0n) is 10.6. The molecule has 5 nitrogen and oxygen atoms in total. The van der Waals surface area contributed by atoms with E-state index in [9.17, 15) is 8.78 Å². The molecule has 7 heteroatoms. The van der Waals surface area contributed by atoms with Crippen molar-refractivity contribution in [2.24, 2.45) is 5.41 Å². The summed E-state index contributed by atoms with van der Waals surface area (Å²) in [6, 6.07) is 2.10. The molecule has 0 spiro atoms. The highest BCUT2D eigenvalue weighted by molar-refractivity contribution is 5.62. The maximum absolute atomic E-state index is 13.8. The molecule has 1 aromatic heterocycles. The maximum Gasteiger partial charge on any atom is 0.185 e. The molecule has 0 amide bonds. The van der Waals surface area contributed by atoms with Gasteiger partial charge in [-0.15, -0.1) is 5.10 Å². The van der Waals surface area contributed by atoms with Crippen LogP contribution in [0, 0.1) is 17.0 Å². The van der Waals surface area contributed by atoms with E-state index in [1.54, 1.807) is 4.68 Å². The SMILES string of the molecule is CC1(C)CC1n1nnnc1-c1cc(N)c(F)cc1F. The molecule has 3 rings (SSSR count). The molecule has 1 saturated carbocycles. The van der Waals surface area contributed by atoms with Gasteiger partial charge in [0.1, 0.15) is 11.6 Å². The number of rotatable bonds is 2. The number of tetrazole rings is 1. The number of halogens is 2. The van der Waals surface area contributed by atoms with E-state index in [0.717, 1.165) is 12.5 Å². The van der Waals surface area contributed by atoms with Crippen LogP contribution in [-0.2, 0) is 0 Å². The van der Waals surface area contributed by atoms with E-state index in [4.69, 9.17) is 5.73 Å². The molecule has 0 saturated heterocycles. The molecule has 1 fully saturated rings. The fraction of sp³-hybridized carbons (Fsp3) is 0.417. The molecule has 2 aromatic rings. The lowest BCUT2D eigenvalue weighted by atomic mass is 10.1. The molecule has 19 heavy (non-hydrogen) atoms. The highest BCUT2D eigenvalue weighted by atomic mass is 19.1. The van der Waals surface area contributed by atoms with E-state index in [-0.39, 0.29) is 28.5 Å². The zero-order valence-corrected chi connectivity index (χ0v) is 10.6. The Kier molecular flexibility index (Phi) is 2.35. The normalized spacial score (nSPS) is 20.5. The monoisotopic (exact) mass is 265 g/mol. The van der Waals surface area contributed by atoms with Crippen LogP contribution >= 0.6 is 0 Å². The van der Waals surface area contributed by atoms with Gasteiger partial charge in [0, 0.05) is 6.07 Å². The summed E-state index contributed by atoms with van der Waals surface area (Å²) in [5.74, 6) is -1.23. The fourth-order valence-electron chi connectivity index (χ4n) is 2.17. The summed E-state index contributed by atoms with van der Waals surface area (Å²) in [4.78, 5) is 0. The van der Waals surface area contributed by atoms with Crippen LogP contribution in [0.2, 0.25) is 0 Å². The topological polar surface area (TPSA) is 69.6 Å². The molecule has 1 aliphatic carbocycles. The van der Waals surface area contributed by atoms with Crippen LogP contribution in [0.5, 0.6) is 0 Å². The van der Waals surface area contributed by atoms with Crippen LogP contribution in [-0.4, -0.2) is 20.2 Å². The molecule has 1 atom stereocenters. The van der Waals surface area contributed by atoms with Crippen molar-refractivity contribution in [1.82, 2.24) is 20.2 Å². The van der Waals surface area contributed by atoms with E-state index in [2.05, 4.69) is 29.4 Å². The number of nitrogen functional groups attached to an aromatic ring is 1. The number of nitrogens with zero attached hydrogens (tertiary/aromatic N) is 4. The van der Waals surface area contributed by atoms with Crippen molar-refractivity contribution in [2.45, 2.75) is 26.3 Å². The summed E-state index contributed by atoms with van der Waals surface area (Å²) in [6.07, 6.45) is 0.920. The summed E-state index contributed by atoms with van der Waals surface area (Å²) in [5, 5.41) is 11.3. The Morgan fingerprint density at radius 3 is 2.63 bits per heavy atom. The van der Waals surface area contributed by atoms with Crippen LogP contribution in [0.4, 0.5) is 14.5 Å². The number of anilines is 1. The van der Waals surface area contributed by atoms with Crippen molar-refractivity contribution < 1.29 is 8.78 Å². The third-order valence-corrected chi connectivity index (χ3v) is 3.58. The van der Waals surface area contributed by atoms with Crippen LogP contribution in [0.25, 0.3) is 11.4 Å². The second kappa shape index (κ2) is 3.72. The predicted molar refractivity (Wildman–Crippen MR) is 65.0 cm³/mol. The van der Waals surface area contributed by atoms with Gasteiger partial charge in [-0.05, 0) is 28.3 Å². The second-order valence-electron chi connectivity index (χ2n) is 5.51. The van der Waals surface area contributed by atoms with Crippen LogP contribution in [0.1, 0.15) is 26.3 Å². The van der Waals surface area contributed by atoms with E-state index < -0.39 is 11.6 Å². The standard InChI is InChI=1S/C12H13F2N5/c1-12(2)5-10(12)19-11(16-17-18-19)6-3-9(15)8(14)4-7(6)13/h3-4,10H,5,15H2,1-2H3. The number of hydrogen-bond donors (Lipinski definition) is 1. The molecule has 0 radical (unpaired) electrons. The molecule has 1 heterocycles. The Morgan fingerprint density at radius 2 is 2.00 bits per heavy atom. The Balaban J connectivity index is 2.09. The number of hydrogen-bond acceptors (Lipinski definition) is 4. The summed E-state index contributed by atoms with van der Waals surface area (Å²) < 4.78 is 28.6. The quantitative estimate of drug-likeness (QED) is 0.845. The number of nitrogens with two attached hydrogens (primary N) is 1. The van der Waals surface area contributed by atoms with Crippen molar-refractivity contribution in [1.29, 1.82) is 0 Å². The van der Waals surface area contributed by atoms with Gasteiger partial charge in [-0.2, -0.15) is 0 Å². The first-order valence-electron chi connectivity index (χ1n) is 5.93. The molecule has 1 aliphatic rings. The van der Waals surface area contributed by atoms with Gasteiger partial charge in [0.25, 0.3) is 0 Å². The minimum absolute atomic E-state index is 0.0895. The highest BCUT2D eigenvalue weighted by Gasteiger charge is 2.49. The lowest BCUT2D eigenvalue weighted by Gasteiger charge is -2.08. The summed E-state index contributed by atoms with van der Waals surface area (Å²) >= 11 is 0. The molecule has 2 N–H and O–H groups in total. The van der Waals surface area contributed by atoms with Crippen LogP contribution in [0.3, 0.4) is 0 Å². The van der Waals surface area contributed by atoms with Crippen LogP contribution < -0.4 is 5.73 Å². The smallest absolute Gasteiger partial charge is 0.185 e. The summed E-state index contributed by atoms with van der Waals surface area (Å²) in [5.41, 5.74) is 5.55. The third-order valence-electron chi connectivity index (χ3n) is 3.58. The van der Waals surface area contributed by atoms with Crippen molar-refractivity contribution in [3.05, 3.63) is 23.8 Å². The van der Waals surface area contributed by atoms with Gasteiger partial charge in [-0.25, -0.2) is 13.5 Å². The Bertz CT molecular complexity index is 650.